The Morgan fingerprint density at radius 3 is 2.66 bits per heavy atom. The number of benzene rings is 1. The first-order valence-electron chi connectivity index (χ1n) is 11.2. The van der Waals surface area contributed by atoms with Crippen LogP contribution in [0.1, 0.15) is 48.4 Å². The molecule has 152 valence electrons. The highest BCUT2D eigenvalue weighted by Gasteiger charge is 2.50. The normalized spacial score (nSPS) is 27.5. The van der Waals surface area contributed by atoms with E-state index in [1.54, 1.807) is 0 Å². The number of amides is 1. The number of pyridine rings is 1. The van der Waals surface area contributed by atoms with E-state index in [1.165, 1.54) is 29.5 Å². The summed E-state index contributed by atoms with van der Waals surface area (Å²) in [5, 5.41) is 0. The third-order valence-electron chi connectivity index (χ3n) is 7.36. The number of nitrogens with zero attached hydrogens (tertiary/aromatic N) is 3. The lowest BCUT2D eigenvalue weighted by molar-refractivity contribution is -0.137. The van der Waals surface area contributed by atoms with Gasteiger partial charge in [-0.3, -0.25) is 14.7 Å². The fourth-order valence-corrected chi connectivity index (χ4v) is 5.97. The van der Waals surface area contributed by atoms with Gasteiger partial charge in [-0.2, -0.15) is 0 Å². The summed E-state index contributed by atoms with van der Waals surface area (Å²) in [6.45, 7) is 6.22. The van der Waals surface area contributed by atoms with Gasteiger partial charge in [-0.05, 0) is 48.4 Å². The summed E-state index contributed by atoms with van der Waals surface area (Å²) in [7, 11) is 0. The monoisotopic (exact) mass is 389 g/mol. The molecule has 1 aliphatic carbocycles. The van der Waals surface area contributed by atoms with Crippen molar-refractivity contribution in [1.29, 1.82) is 0 Å². The molecule has 4 nitrogen and oxygen atoms in total. The van der Waals surface area contributed by atoms with Crippen molar-refractivity contribution in [1.82, 2.24) is 14.8 Å². The van der Waals surface area contributed by atoms with Gasteiger partial charge in [0.2, 0.25) is 5.91 Å². The van der Waals surface area contributed by atoms with Crippen LogP contribution in [0.2, 0.25) is 0 Å². The van der Waals surface area contributed by atoms with E-state index >= 15 is 0 Å². The lowest BCUT2D eigenvalue weighted by Crippen LogP contribution is -2.38. The maximum absolute atomic E-state index is 13.5. The first kappa shape index (κ1) is 18.8. The largest absolute Gasteiger partial charge is 0.335 e. The van der Waals surface area contributed by atoms with Crippen LogP contribution in [0.25, 0.3) is 0 Å². The molecule has 2 aromatic rings. The van der Waals surface area contributed by atoms with Gasteiger partial charge in [-0.25, -0.2) is 0 Å². The van der Waals surface area contributed by atoms with Crippen molar-refractivity contribution >= 4 is 5.91 Å². The van der Waals surface area contributed by atoms with Crippen molar-refractivity contribution in [3.8, 4) is 0 Å². The topological polar surface area (TPSA) is 36.4 Å². The Kier molecular flexibility index (Phi) is 5.13. The third kappa shape index (κ3) is 3.59. The van der Waals surface area contributed by atoms with Gasteiger partial charge in [0.25, 0.3) is 0 Å². The van der Waals surface area contributed by atoms with Crippen LogP contribution < -0.4 is 0 Å². The van der Waals surface area contributed by atoms with E-state index in [1.807, 2.05) is 18.5 Å². The van der Waals surface area contributed by atoms with E-state index in [4.69, 9.17) is 0 Å². The van der Waals surface area contributed by atoms with Crippen LogP contribution in [-0.2, 0) is 11.3 Å². The molecule has 1 saturated carbocycles. The number of carbonyl (C=O) groups excluding carboxylic acids is 1. The van der Waals surface area contributed by atoms with Gasteiger partial charge in [-0.1, -0.05) is 43.2 Å². The average molecular weight is 390 g/mol. The molecule has 0 N–H and O–H groups in total. The molecule has 2 saturated heterocycles. The second-order valence-electron chi connectivity index (χ2n) is 9.25. The first-order valence-corrected chi connectivity index (χ1v) is 11.2. The SMILES string of the molecule is Cc1ccccc1[C@@H]1[C@H]2CN(Cc3cccnc3)C[C@H]2CN1C(=O)C1CCCC1. The van der Waals surface area contributed by atoms with Crippen LogP contribution in [0.5, 0.6) is 0 Å². The highest BCUT2D eigenvalue weighted by Crippen LogP contribution is 2.47. The number of fused-ring (bicyclic) bond motifs is 1. The van der Waals surface area contributed by atoms with E-state index in [0.717, 1.165) is 39.0 Å². The lowest BCUT2D eigenvalue weighted by atomic mass is 9.87. The Labute approximate surface area is 173 Å². The van der Waals surface area contributed by atoms with Crippen LogP contribution in [0.4, 0.5) is 0 Å². The van der Waals surface area contributed by atoms with Gasteiger partial charge >= 0.3 is 0 Å². The van der Waals surface area contributed by atoms with Gasteiger partial charge in [0.15, 0.2) is 0 Å². The summed E-state index contributed by atoms with van der Waals surface area (Å²) < 4.78 is 0. The molecular formula is C25H31N3O. The molecule has 29 heavy (non-hydrogen) atoms. The van der Waals surface area contributed by atoms with Gasteiger partial charge in [0, 0.05) is 50.4 Å². The van der Waals surface area contributed by atoms with E-state index in [-0.39, 0.29) is 12.0 Å². The Bertz CT molecular complexity index is 861. The minimum absolute atomic E-state index is 0.230. The average Bonchev–Trinajstić information content (AvgIpc) is 3.45. The van der Waals surface area contributed by atoms with Crippen LogP contribution in [0.3, 0.4) is 0 Å². The molecule has 0 radical (unpaired) electrons. The summed E-state index contributed by atoms with van der Waals surface area (Å²) in [6, 6.07) is 13.1. The van der Waals surface area contributed by atoms with Crippen LogP contribution in [-0.4, -0.2) is 40.3 Å². The molecule has 0 unspecified atom stereocenters. The van der Waals surface area contributed by atoms with E-state index in [0.29, 0.717) is 17.7 Å². The standard InChI is InChI=1S/C25H31N3O/c1-18-7-2-5-11-22(18)24-23-17-27(14-19-8-6-12-26-13-19)15-21(23)16-28(24)25(29)20-9-3-4-10-20/h2,5-8,11-13,20-21,23-24H,3-4,9-10,14-17H2,1H3/t21-,23-,24+/m0/s1. The van der Waals surface area contributed by atoms with Crippen LogP contribution >= 0.6 is 0 Å². The van der Waals surface area contributed by atoms with Crippen molar-refractivity contribution in [3.63, 3.8) is 0 Å². The van der Waals surface area contributed by atoms with Crippen molar-refractivity contribution in [3.05, 3.63) is 65.5 Å². The molecule has 2 aliphatic heterocycles. The molecule has 3 atom stereocenters. The Morgan fingerprint density at radius 1 is 1.07 bits per heavy atom. The number of hydrogen-bond acceptors (Lipinski definition) is 3. The second kappa shape index (κ2) is 7.91. The van der Waals surface area contributed by atoms with Crippen LogP contribution in [0.15, 0.2) is 48.8 Å². The van der Waals surface area contributed by atoms with Crippen molar-refractivity contribution in [2.75, 3.05) is 19.6 Å². The number of likely N-dealkylation sites (tertiary alicyclic amines) is 2. The zero-order chi connectivity index (χ0) is 19.8. The van der Waals surface area contributed by atoms with Gasteiger partial charge in [-0.15, -0.1) is 0 Å². The number of aryl methyl sites for hydroxylation is 1. The van der Waals surface area contributed by atoms with Crippen molar-refractivity contribution < 1.29 is 4.79 Å². The molecule has 3 heterocycles. The third-order valence-corrected chi connectivity index (χ3v) is 7.36. The highest BCUT2D eigenvalue weighted by molar-refractivity contribution is 5.80. The van der Waals surface area contributed by atoms with Crippen molar-refractivity contribution in [2.24, 2.45) is 17.8 Å². The maximum atomic E-state index is 13.5. The quantitative estimate of drug-likeness (QED) is 0.786. The molecule has 3 fully saturated rings. The first-order chi connectivity index (χ1) is 14.2. The second-order valence-corrected chi connectivity index (χ2v) is 9.25. The number of rotatable bonds is 4. The molecule has 1 aromatic heterocycles. The van der Waals surface area contributed by atoms with Gasteiger partial charge in [0.1, 0.15) is 0 Å². The highest BCUT2D eigenvalue weighted by atomic mass is 16.2. The summed E-state index contributed by atoms with van der Waals surface area (Å²) >= 11 is 0. The molecule has 0 bridgehead atoms. The zero-order valence-corrected chi connectivity index (χ0v) is 17.3. The van der Waals surface area contributed by atoms with Gasteiger partial charge < -0.3 is 4.90 Å². The van der Waals surface area contributed by atoms with Crippen molar-refractivity contribution in [2.45, 2.75) is 45.2 Å². The van der Waals surface area contributed by atoms with E-state index in [2.05, 4.69) is 52.0 Å². The maximum Gasteiger partial charge on any atom is 0.226 e. The molecular weight excluding hydrogens is 358 g/mol. The Morgan fingerprint density at radius 2 is 1.90 bits per heavy atom. The Hall–Kier alpha value is -2.20. The molecule has 5 rings (SSSR count). The van der Waals surface area contributed by atoms with E-state index < -0.39 is 0 Å². The fourth-order valence-electron chi connectivity index (χ4n) is 5.97. The lowest BCUT2D eigenvalue weighted by Gasteiger charge is -2.32. The number of aromatic nitrogens is 1. The fraction of sp³-hybridized carbons (Fsp3) is 0.520. The molecule has 3 aliphatic rings. The predicted molar refractivity (Wildman–Crippen MR) is 114 cm³/mol. The zero-order valence-electron chi connectivity index (χ0n) is 17.3. The summed E-state index contributed by atoms with van der Waals surface area (Å²) in [5.41, 5.74) is 3.95. The predicted octanol–water partition coefficient (Wildman–Crippen LogP) is 4.21. The van der Waals surface area contributed by atoms with Crippen LogP contribution in [0, 0.1) is 24.7 Å². The molecule has 1 aromatic carbocycles. The molecule has 1 amide bonds. The molecule has 4 heteroatoms. The number of hydrogen-bond donors (Lipinski definition) is 0. The summed E-state index contributed by atoms with van der Waals surface area (Å²) in [4.78, 5) is 22.6. The minimum atomic E-state index is 0.230. The van der Waals surface area contributed by atoms with E-state index in [9.17, 15) is 4.79 Å². The smallest absolute Gasteiger partial charge is 0.226 e. The molecule has 0 spiro atoms. The summed E-state index contributed by atoms with van der Waals surface area (Å²) in [6.07, 6.45) is 8.40. The number of carbonyl (C=O) groups is 1. The Balaban J connectivity index is 1.40. The summed E-state index contributed by atoms with van der Waals surface area (Å²) in [5.74, 6) is 1.77. The minimum Gasteiger partial charge on any atom is -0.335 e. The van der Waals surface area contributed by atoms with Gasteiger partial charge in [0.05, 0.1) is 6.04 Å².